The SMILES string of the molecule is Brc1ccc(OC/C=C/c2ccccc2)cc1. The molecule has 0 saturated carbocycles. The lowest BCUT2D eigenvalue weighted by Crippen LogP contribution is -1.92. The van der Waals surface area contributed by atoms with Gasteiger partial charge in [0.25, 0.3) is 0 Å². The average molecular weight is 289 g/mol. The predicted molar refractivity (Wildman–Crippen MR) is 75.1 cm³/mol. The maximum Gasteiger partial charge on any atom is 0.119 e. The Morgan fingerprint density at radius 3 is 2.35 bits per heavy atom. The Labute approximate surface area is 110 Å². The first kappa shape index (κ1) is 11.9. The van der Waals surface area contributed by atoms with Gasteiger partial charge in [0, 0.05) is 4.47 Å². The molecular weight excluding hydrogens is 276 g/mol. The Bertz CT molecular complexity index is 474. The van der Waals surface area contributed by atoms with Crippen LogP contribution in [0.5, 0.6) is 5.75 Å². The van der Waals surface area contributed by atoms with Crippen molar-refractivity contribution in [3.05, 3.63) is 70.7 Å². The highest BCUT2D eigenvalue weighted by Crippen LogP contribution is 2.16. The van der Waals surface area contributed by atoms with Gasteiger partial charge in [-0.3, -0.25) is 0 Å². The predicted octanol–water partition coefficient (Wildman–Crippen LogP) is 4.54. The van der Waals surface area contributed by atoms with Gasteiger partial charge in [-0.2, -0.15) is 0 Å². The molecule has 0 spiro atoms. The van der Waals surface area contributed by atoms with E-state index in [9.17, 15) is 0 Å². The molecule has 0 atom stereocenters. The highest BCUT2D eigenvalue weighted by atomic mass is 79.9. The monoisotopic (exact) mass is 288 g/mol. The summed E-state index contributed by atoms with van der Waals surface area (Å²) in [6, 6.07) is 18.0. The van der Waals surface area contributed by atoms with Gasteiger partial charge < -0.3 is 4.74 Å². The summed E-state index contributed by atoms with van der Waals surface area (Å²) in [5, 5.41) is 0. The van der Waals surface area contributed by atoms with Crippen molar-refractivity contribution in [2.24, 2.45) is 0 Å². The van der Waals surface area contributed by atoms with Crippen LogP contribution in [0, 0.1) is 0 Å². The van der Waals surface area contributed by atoms with E-state index in [0.29, 0.717) is 6.61 Å². The standard InChI is InChI=1S/C15H13BrO/c16-14-8-10-15(11-9-14)17-12-4-7-13-5-2-1-3-6-13/h1-11H,12H2/b7-4+. The molecule has 0 N–H and O–H groups in total. The van der Waals surface area contributed by atoms with E-state index in [1.807, 2.05) is 48.5 Å². The van der Waals surface area contributed by atoms with Crippen molar-refractivity contribution in [1.82, 2.24) is 0 Å². The zero-order valence-electron chi connectivity index (χ0n) is 9.34. The van der Waals surface area contributed by atoms with Crippen molar-refractivity contribution in [1.29, 1.82) is 0 Å². The van der Waals surface area contributed by atoms with Crippen LogP contribution in [0.4, 0.5) is 0 Å². The van der Waals surface area contributed by atoms with Crippen molar-refractivity contribution < 1.29 is 4.74 Å². The Morgan fingerprint density at radius 2 is 1.65 bits per heavy atom. The maximum atomic E-state index is 5.58. The van der Waals surface area contributed by atoms with E-state index in [-0.39, 0.29) is 0 Å². The number of halogens is 1. The third kappa shape index (κ3) is 4.08. The van der Waals surface area contributed by atoms with Crippen molar-refractivity contribution in [3.8, 4) is 5.75 Å². The van der Waals surface area contributed by atoms with E-state index >= 15 is 0 Å². The molecule has 0 aromatic heterocycles. The molecule has 0 aliphatic carbocycles. The first-order valence-electron chi connectivity index (χ1n) is 5.44. The van der Waals surface area contributed by atoms with Crippen molar-refractivity contribution in [2.45, 2.75) is 0 Å². The second-order valence-corrected chi connectivity index (χ2v) is 4.49. The van der Waals surface area contributed by atoms with Crippen molar-refractivity contribution in [3.63, 3.8) is 0 Å². The van der Waals surface area contributed by atoms with Crippen LogP contribution in [-0.4, -0.2) is 6.61 Å². The fourth-order valence-corrected chi connectivity index (χ4v) is 1.69. The number of hydrogen-bond acceptors (Lipinski definition) is 1. The highest BCUT2D eigenvalue weighted by Gasteiger charge is 1.91. The molecule has 2 aromatic rings. The molecule has 0 saturated heterocycles. The molecule has 0 heterocycles. The summed E-state index contributed by atoms with van der Waals surface area (Å²) in [5.74, 6) is 0.880. The van der Waals surface area contributed by atoms with Crippen LogP contribution < -0.4 is 4.74 Å². The third-order valence-corrected chi connectivity index (χ3v) is 2.80. The summed E-state index contributed by atoms with van der Waals surface area (Å²) < 4.78 is 6.63. The number of hydrogen-bond donors (Lipinski definition) is 0. The van der Waals surface area contributed by atoms with E-state index in [1.165, 1.54) is 5.56 Å². The lowest BCUT2D eigenvalue weighted by Gasteiger charge is -2.02. The molecule has 0 unspecified atom stereocenters. The van der Waals surface area contributed by atoms with Gasteiger partial charge in [0.15, 0.2) is 0 Å². The van der Waals surface area contributed by atoms with Gasteiger partial charge in [-0.25, -0.2) is 0 Å². The van der Waals surface area contributed by atoms with Crippen LogP contribution >= 0.6 is 15.9 Å². The average Bonchev–Trinajstić information content (AvgIpc) is 2.38. The molecule has 0 aliphatic heterocycles. The van der Waals surface area contributed by atoms with Crippen LogP contribution in [0.2, 0.25) is 0 Å². The summed E-state index contributed by atoms with van der Waals surface area (Å²) >= 11 is 3.39. The molecule has 0 radical (unpaired) electrons. The Morgan fingerprint density at radius 1 is 0.941 bits per heavy atom. The third-order valence-electron chi connectivity index (χ3n) is 2.27. The van der Waals surface area contributed by atoms with Gasteiger partial charge in [0.05, 0.1) is 0 Å². The number of ether oxygens (including phenoxy) is 1. The van der Waals surface area contributed by atoms with Gasteiger partial charge in [-0.1, -0.05) is 52.3 Å². The summed E-state index contributed by atoms with van der Waals surface area (Å²) in [6.45, 7) is 0.580. The van der Waals surface area contributed by atoms with Crippen LogP contribution in [0.15, 0.2) is 65.1 Å². The van der Waals surface area contributed by atoms with Crippen LogP contribution in [0.1, 0.15) is 5.56 Å². The lowest BCUT2D eigenvalue weighted by atomic mass is 10.2. The Balaban J connectivity index is 1.84. The maximum absolute atomic E-state index is 5.58. The lowest BCUT2D eigenvalue weighted by molar-refractivity contribution is 0.363. The molecule has 0 fully saturated rings. The molecule has 2 rings (SSSR count). The second kappa shape index (κ2) is 6.26. The topological polar surface area (TPSA) is 9.23 Å². The molecule has 0 aliphatic rings. The zero-order valence-corrected chi connectivity index (χ0v) is 10.9. The van der Waals surface area contributed by atoms with E-state index in [4.69, 9.17) is 4.74 Å². The largest absolute Gasteiger partial charge is 0.490 e. The zero-order chi connectivity index (χ0) is 11.9. The van der Waals surface area contributed by atoms with Gasteiger partial charge in [-0.05, 0) is 35.9 Å². The minimum atomic E-state index is 0.580. The molecule has 2 heteroatoms. The van der Waals surface area contributed by atoms with Gasteiger partial charge in [-0.15, -0.1) is 0 Å². The summed E-state index contributed by atoms with van der Waals surface area (Å²) in [7, 11) is 0. The summed E-state index contributed by atoms with van der Waals surface area (Å²) in [5.41, 5.74) is 1.19. The highest BCUT2D eigenvalue weighted by molar-refractivity contribution is 9.10. The quantitative estimate of drug-likeness (QED) is 0.802. The minimum Gasteiger partial charge on any atom is -0.490 e. The van der Waals surface area contributed by atoms with Crippen molar-refractivity contribution >= 4 is 22.0 Å². The Kier molecular flexibility index (Phi) is 4.39. The van der Waals surface area contributed by atoms with Crippen LogP contribution in [0.25, 0.3) is 6.08 Å². The number of rotatable bonds is 4. The fourth-order valence-electron chi connectivity index (χ4n) is 1.42. The molecular formula is C15H13BrO. The van der Waals surface area contributed by atoms with Crippen LogP contribution in [-0.2, 0) is 0 Å². The molecule has 1 nitrogen and oxygen atoms in total. The van der Waals surface area contributed by atoms with E-state index < -0.39 is 0 Å². The van der Waals surface area contributed by atoms with E-state index in [1.54, 1.807) is 0 Å². The molecule has 0 amide bonds. The minimum absolute atomic E-state index is 0.580. The first-order valence-corrected chi connectivity index (χ1v) is 6.24. The second-order valence-electron chi connectivity index (χ2n) is 3.58. The molecule has 0 bridgehead atoms. The van der Waals surface area contributed by atoms with Crippen molar-refractivity contribution in [2.75, 3.05) is 6.61 Å². The van der Waals surface area contributed by atoms with E-state index in [0.717, 1.165) is 10.2 Å². The molecule has 86 valence electrons. The summed E-state index contributed by atoms with van der Waals surface area (Å²) in [4.78, 5) is 0. The number of benzene rings is 2. The smallest absolute Gasteiger partial charge is 0.119 e. The molecule has 17 heavy (non-hydrogen) atoms. The Hall–Kier alpha value is -1.54. The fraction of sp³-hybridized carbons (Fsp3) is 0.0667. The van der Waals surface area contributed by atoms with Gasteiger partial charge >= 0.3 is 0 Å². The summed E-state index contributed by atoms with van der Waals surface area (Å²) in [6.07, 6.45) is 4.07. The van der Waals surface area contributed by atoms with E-state index in [2.05, 4.69) is 34.1 Å². The first-order chi connectivity index (χ1) is 8.34. The van der Waals surface area contributed by atoms with Gasteiger partial charge in [0.2, 0.25) is 0 Å². The van der Waals surface area contributed by atoms with Gasteiger partial charge in [0.1, 0.15) is 12.4 Å². The van der Waals surface area contributed by atoms with Crippen LogP contribution in [0.3, 0.4) is 0 Å². The normalized spacial score (nSPS) is 10.6. The molecule has 2 aromatic carbocycles.